The number of ether oxygens (including phenoxy) is 1. The van der Waals surface area contributed by atoms with Crippen molar-refractivity contribution in [2.75, 3.05) is 45.9 Å². The first-order valence-corrected chi connectivity index (χ1v) is 10.6. The van der Waals surface area contributed by atoms with E-state index in [1.165, 1.54) is 5.56 Å². The Morgan fingerprint density at radius 2 is 1.81 bits per heavy atom. The highest BCUT2D eigenvalue weighted by molar-refractivity contribution is 9.10. The summed E-state index contributed by atoms with van der Waals surface area (Å²) >= 11 is 3.46. The highest BCUT2D eigenvalue weighted by atomic mass is 79.9. The summed E-state index contributed by atoms with van der Waals surface area (Å²) in [6.07, 6.45) is 1.78. The van der Waals surface area contributed by atoms with Crippen LogP contribution in [0.15, 0.2) is 33.7 Å². The molecule has 2 heterocycles. The fourth-order valence-electron chi connectivity index (χ4n) is 3.56. The van der Waals surface area contributed by atoms with Crippen molar-refractivity contribution in [2.24, 2.45) is 10.9 Å². The van der Waals surface area contributed by atoms with Gasteiger partial charge in [0.05, 0.1) is 19.8 Å². The van der Waals surface area contributed by atoms with E-state index < -0.39 is 0 Å². The van der Waals surface area contributed by atoms with Crippen LogP contribution in [0.4, 0.5) is 0 Å². The molecule has 0 radical (unpaired) electrons. The van der Waals surface area contributed by atoms with Crippen LogP contribution in [0, 0.1) is 5.92 Å². The number of rotatable bonds is 4. The van der Waals surface area contributed by atoms with Crippen LogP contribution in [0.1, 0.15) is 25.3 Å². The lowest BCUT2D eigenvalue weighted by molar-refractivity contribution is -0.140. The van der Waals surface area contributed by atoms with Crippen LogP contribution in [-0.2, 0) is 16.1 Å². The summed E-state index contributed by atoms with van der Waals surface area (Å²) < 4.78 is 6.43. The number of amides is 1. The van der Waals surface area contributed by atoms with E-state index in [4.69, 9.17) is 9.73 Å². The monoisotopic (exact) mass is 436 g/mol. The first-order chi connectivity index (χ1) is 13.2. The van der Waals surface area contributed by atoms with Crippen molar-refractivity contribution in [3.8, 4) is 0 Å². The number of piperidine rings is 1. The minimum Gasteiger partial charge on any atom is -0.378 e. The summed E-state index contributed by atoms with van der Waals surface area (Å²) in [5.41, 5.74) is 1.19. The van der Waals surface area contributed by atoms with E-state index in [0.717, 1.165) is 56.0 Å². The molecular weight excluding hydrogens is 408 g/mol. The van der Waals surface area contributed by atoms with E-state index in [0.29, 0.717) is 25.7 Å². The second kappa shape index (κ2) is 10.1. The van der Waals surface area contributed by atoms with Gasteiger partial charge in [-0.15, -0.1) is 0 Å². The third kappa shape index (κ3) is 5.69. The Labute approximate surface area is 170 Å². The molecule has 2 aliphatic rings. The zero-order valence-corrected chi connectivity index (χ0v) is 17.6. The Hall–Kier alpha value is -1.60. The van der Waals surface area contributed by atoms with E-state index in [-0.39, 0.29) is 5.92 Å². The highest BCUT2D eigenvalue weighted by Crippen LogP contribution is 2.21. The molecule has 1 aromatic carbocycles. The maximum Gasteiger partial charge on any atom is 0.225 e. The summed E-state index contributed by atoms with van der Waals surface area (Å²) in [5.74, 6) is 1.38. The second-order valence-electron chi connectivity index (χ2n) is 7.00. The third-order valence-corrected chi connectivity index (χ3v) is 5.65. The van der Waals surface area contributed by atoms with Gasteiger partial charge < -0.3 is 19.9 Å². The Kier molecular flexibility index (Phi) is 7.52. The molecule has 1 aromatic rings. The molecule has 2 aliphatic heterocycles. The van der Waals surface area contributed by atoms with Gasteiger partial charge in [0, 0.05) is 43.1 Å². The lowest BCUT2D eigenvalue weighted by Gasteiger charge is -2.36. The molecule has 0 bridgehead atoms. The van der Waals surface area contributed by atoms with Crippen molar-refractivity contribution in [3.05, 3.63) is 34.3 Å². The van der Waals surface area contributed by atoms with Crippen molar-refractivity contribution in [1.29, 1.82) is 0 Å². The SMILES string of the molecule is CCNC(=NCc1ccc(Br)cc1)N1CCC(C(=O)N2CCOCC2)CC1. The zero-order valence-electron chi connectivity index (χ0n) is 16.0. The topological polar surface area (TPSA) is 57.2 Å². The van der Waals surface area contributed by atoms with Gasteiger partial charge in [0.25, 0.3) is 0 Å². The predicted molar refractivity (Wildman–Crippen MR) is 111 cm³/mol. The fourth-order valence-corrected chi connectivity index (χ4v) is 3.83. The van der Waals surface area contributed by atoms with Gasteiger partial charge in [0.15, 0.2) is 5.96 Å². The quantitative estimate of drug-likeness (QED) is 0.581. The molecule has 148 valence electrons. The number of hydrogen-bond acceptors (Lipinski definition) is 3. The van der Waals surface area contributed by atoms with E-state index in [1.54, 1.807) is 0 Å². The molecule has 0 atom stereocenters. The van der Waals surface area contributed by atoms with Gasteiger partial charge in [-0.2, -0.15) is 0 Å². The van der Waals surface area contributed by atoms with Crippen LogP contribution in [0.5, 0.6) is 0 Å². The maximum atomic E-state index is 12.7. The van der Waals surface area contributed by atoms with Crippen LogP contribution in [0.25, 0.3) is 0 Å². The number of carbonyl (C=O) groups is 1. The van der Waals surface area contributed by atoms with Crippen LogP contribution in [0.3, 0.4) is 0 Å². The zero-order chi connectivity index (χ0) is 19.1. The number of nitrogens with one attached hydrogen (secondary N) is 1. The third-order valence-electron chi connectivity index (χ3n) is 5.13. The summed E-state index contributed by atoms with van der Waals surface area (Å²) in [7, 11) is 0. The van der Waals surface area contributed by atoms with Gasteiger partial charge in [0.2, 0.25) is 5.91 Å². The Morgan fingerprint density at radius 3 is 2.44 bits per heavy atom. The summed E-state index contributed by atoms with van der Waals surface area (Å²) in [6, 6.07) is 8.26. The largest absolute Gasteiger partial charge is 0.378 e. The van der Waals surface area contributed by atoms with Gasteiger partial charge in [-0.25, -0.2) is 4.99 Å². The molecule has 1 amide bonds. The number of benzene rings is 1. The minimum absolute atomic E-state index is 0.133. The smallest absolute Gasteiger partial charge is 0.225 e. The molecule has 0 unspecified atom stereocenters. The number of aliphatic imine (C=N–C) groups is 1. The molecular formula is C20H29BrN4O2. The lowest BCUT2D eigenvalue weighted by Crippen LogP contribution is -2.50. The number of morpholine rings is 1. The van der Waals surface area contributed by atoms with Crippen molar-refractivity contribution < 1.29 is 9.53 Å². The standard InChI is InChI=1S/C20H29BrN4O2/c1-2-22-20(23-15-16-3-5-18(21)6-4-16)25-9-7-17(8-10-25)19(26)24-11-13-27-14-12-24/h3-6,17H,2,7-15H2,1H3,(H,22,23). The predicted octanol–water partition coefficient (Wildman–Crippen LogP) is 2.49. The van der Waals surface area contributed by atoms with Crippen LogP contribution >= 0.6 is 15.9 Å². The summed E-state index contributed by atoms with van der Waals surface area (Å²) in [5, 5.41) is 3.40. The van der Waals surface area contributed by atoms with E-state index in [9.17, 15) is 4.79 Å². The van der Waals surface area contributed by atoms with Gasteiger partial charge in [0.1, 0.15) is 0 Å². The molecule has 3 rings (SSSR count). The van der Waals surface area contributed by atoms with Crippen LogP contribution in [-0.4, -0.2) is 67.6 Å². The molecule has 0 aliphatic carbocycles. The Balaban J connectivity index is 1.55. The van der Waals surface area contributed by atoms with Crippen molar-refractivity contribution in [2.45, 2.75) is 26.3 Å². The summed E-state index contributed by atoms with van der Waals surface area (Å²) in [6.45, 7) is 8.11. The minimum atomic E-state index is 0.133. The molecule has 7 heteroatoms. The highest BCUT2D eigenvalue weighted by Gasteiger charge is 2.30. The number of guanidine groups is 1. The second-order valence-corrected chi connectivity index (χ2v) is 7.91. The van der Waals surface area contributed by atoms with E-state index in [2.05, 4.69) is 45.2 Å². The Morgan fingerprint density at radius 1 is 1.15 bits per heavy atom. The molecule has 1 N–H and O–H groups in total. The number of halogens is 1. The molecule has 0 aromatic heterocycles. The van der Waals surface area contributed by atoms with Crippen molar-refractivity contribution >= 4 is 27.8 Å². The number of nitrogens with zero attached hydrogens (tertiary/aromatic N) is 3. The van der Waals surface area contributed by atoms with Gasteiger partial charge in [-0.1, -0.05) is 28.1 Å². The maximum absolute atomic E-state index is 12.7. The average molecular weight is 437 g/mol. The first-order valence-electron chi connectivity index (χ1n) is 9.81. The first kappa shape index (κ1) is 20.1. The van der Waals surface area contributed by atoms with Crippen LogP contribution in [0.2, 0.25) is 0 Å². The molecule has 27 heavy (non-hydrogen) atoms. The molecule has 2 fully saturated rings. The number of likely N-dealkylation sites (tertiary alicyclic amines) is 1. The van der Waals surface area contributed by atoms with Gasteiger partial charge >= 0.3 is 0 Å². The number of hydrogen-bond donors (Lipinski definition) is 1. The van der Waals surface area contributed by atoms with E-state index >= 15 is 0 Å². The van der Waals surface area contributed by atoms with Gasteiger partial charge in [-0.3, -0.25) is 4.79 Å². The van der Waals surface area contributed by atoms with Crippen molar-refractivity contribution in [3.63, 3.8) is 0 Å². The lowest BCUT2D eigenvalue weighted by atomic mass is 9.95. The summed E-state index contributed by atoms with van der Waals surface area (Å²) in [4.78, 5) is 21.7. The Bertz CT molecular complexity index is 636. The van der Waals surface area contributed by atoms with Gasteiger partial charge in [-0.05, 0) is 37.5 Å². The van der Waals surface area contributed by atoms with E-state index in [1.807, 2.05) is 17.0 Å². The molecule has 6 nitrogen and oxygen atoms in total. The fraction of sp³-hybridized carbons (Fsp3) is 0.600. The molecule has 0 spiro atoms. The van der Waals surface area contributed by atoms with Crippen molar-refractivity contribution in [1.82, 2.24) is 15.1 Å². The molecule has 2 saturated heterocycles. The number of carbonyl (C=O) groups excluding carboxylic acids is 1. The van der Waals surface area contributed by atoms with Crippen LogP contribution < -0.4 is 5.32 Å². The normalized spacial score (nSPS) is 19.3. The molecule has 0 saturated carbocycles. The average Bonchev–Trinajstić information content (AvgIpc) is 2.72.